The molecule has 2 aromatic rings. The first-order chi connectivity index (χ1) is 12.1. The molecule has 2 N–H and O–H groups in total. The number of amides is 2. The van der Waals surface area contributed by atoms with Gasteiger partial charge >= 0.3 is 6.09 Å². The van der Waals surface area contributed by atoms with Crippen molar-refractivity contribution in [1.82, 2.24) is 4.90 Å². The van der Waals surface area contributed by atoms with Gasteiger partial charge in [0.25, 0.3) is 5.91 Å². The zero-order valence-electron chi connectivity index (χ0n) is 13.9. The molecule has 0 aliphatic carbocycles. The van der Waals surface area contributed by atoms with Crippen LogP contribution in [-0.4, -0.2) is 36.7 Å². The first-order valence-electron chi connectivity index (χ1n) is 8.03. The summed E-state index contributed by atoms with van der Waals surface area (Å²) in [5, 5.41) is 0. The van der Waals surface area contributed by atoms with E-state index in [2.05, 4.69) is 0 Å². The number of hydrogen-bond acceptors (Lipinski definition) is 5. The van der Waals surface area contributed by atoms with Crippen LogP contribution in [0.4, 0.5) is 4.79 Å². The highest BCUT2D eigenvalue weighted by atomic mass is 16.6. The lowest BCUT2D eigenvalue weighted by Crippen LogP contribution is -2.45. The van der Waals surface area contributed by atoms with E-state index in [-0.39, 0.29) is 12.6 Å². The van der Waals surface area contributed by atoms with E-state index < -0.39 is 18.0 Å². The van der Waals surface area contributed by atoms with E-state index in [1.807, 2.05) is 30.3 Å². The molecule has 3 rings (SSSR count). The fourth-order valence-corrected chi connectivity index (χ4v) is 2.87. The van der Waals surface area contributed by atoms with Crippen molar-refractivity contribution < 1.29 is 19.1 Å². The SMILES string of the molecule is COc1ccc([C@H](N)C(=O)N2C(=O)OC[C@@H]2Cc2ccccc2)cc1. The van der Waals surface area contributed by atoms with Crippen LogP contribution in [0.3, 0.4) is 0 Å². The van der Waals surface area contributed by atoms with Gasteiger partial charge < -0.3 is 15.2 Å². The fraction of sp³-hybridized carbons (Fsp3) is 0.263. The minimum Gasteiger partial charge on any atom is -0.497 e. The molecule has 0 saturated carbocycles. The number of ether oxygens (including phenoxy) is 2. The van der Waals surface area contributed by atoms with Crippen LogP contribution in [0.5, 0.6) is 5.75 Å². The van der Waals surface area contributed by atoms with E-state index in [0.29, 0.717) is 17.7 Å². The van der Waals surface area contributed by atoms with Gasteiger partial charge in [-0.2, -0.15) is 0 Å². The third-order valence-electron chi connectivity index (χ3n) is 4.25. The highest BCUT2D eigenvalue weighted by molar-refractivity contribution is 5.96. The summed E-state index contributed by atoms with van der Waals surface area (Å²) in [5.74, 6) is 0.208. The smallest absolute Gasteiger partial charge is 0.417 e. The molecular formula is C19H20N2O4. The van der Waals surface area contributed by atoms with Gasteiger partial charge in [0, 0.05) is 0 Å². The van der Waals surface area contributed by atoms with Crippen molar-refractivity contribution in [2.75, 3.05) is 13.7 Å². The second-order valence-electron chi connectivity index (χ2n) is 5.88. The standard InChI is InChI=1S/C19H20N2O4/c1-24-16-9-7-14(8-10-16)17(20)18(22)21-15(12-25-19(21)23)11-13-5-3-2-4-6-13/h2-10,15,17H,11-12,20H2,1H3/t15-,17-/m0/s1. The predicted octanol–water partition coefficient (Wildman–Crippen LogP) is 2.29. The number of methoxy groups -OCH3 is 1. The van der Waals surface area contributed by atoms with Crippen LogP contribution in [0.1, 0.15) is 17.2 Å². The van der Waals surface area contributed by atoms with Crippen molar-refractivity contribution in [2.24, 2.45) is 5.73 Å². The highest BCUT2D eigenvalue weighted by Gasteiger charge is 2.40. The number of imide groups is 1. The molecular weight excluding hydrogens is 320 g/mol. The number of hydrogen-bond donors (Lipinski definition) is 1. The molecule has 2 atom stereocenters. The van der Waals surface area contributed by atoms with Crippen molar-refractivity contribution in [3.63, 3.8) is 0 Å². The summed E-state index contributed by atoms with van der Waals surface area (Å²) in [6.07, 6.45) is -0.108. The number of carbonyl (C=O) groups excluding carboxylic acids is 2. The first-order valence-corrected chi connectivity index (χ1v) is 8.03. The van der Waals surface area contributed by atoms with Gasteiger partial charge in [0.15, 0.2) is 0 Å². The molecule has 2 aromatic carbocycles. The zero-order chi connectivity index (χ0) is 17.8. The van der Waals surface area contributed by atoms with Crippen molar-refractivity contribution in [1.29, 1.82) is 0 Å². The molecule has 1 heterocycles. The van der Waals surface area contributed by atoms with Gasteiger partial charge in [-0.25, -0.2) is 9.69 Å². The predicted molar refractivity (Wildman–Crippen MR) is 92.1 cm³/mol. The lowest BCUT2D eigenvalue weighted by molar-refractivity contribution is -0.130. The molecule has 1 saturated heterocycles. The maximum absolute atomic E-state index is 12.8. The Kier molecular flexibility index (Phi) is 5.00. The fourth-order valence-electron chi connectivity index (χ4n) is 2.87. The number of nitrogens with two attached hydrogens (primary N) is 1. The summed E-state index contributed by atoms with van der Waals surface area (Å²) in [6.45, 7) is 0.175. The van der Waals surface area contributed by atoms with E-state index in [4.69, 9.17) is 15.2 Å². The Bertz CT molecular complexity index is 746. The summed E-state index contributed by atoms with van der Waals surface area (Å²) in [7, 11) is 1.56. The van der Waals surface area contributed by atoms with Gasteiger partial charge in [0.1, 0.15) is 18.4 Å². The molecule has 0 aromatic heterocycles. The number of rotatable bonds is 5. The van der Waals surface area contributed by atoms with Crippen LogP contribution in [-0.2, 0) is 16.0 Å². The molecule has 6 heteroatoms. The lowest BCUT2D eigenvalue weighted by atomic mass is 10.0. The zero-order valence-corrected chi connectivity index (χ0v) is 13.9. The topological polar surface area (TPSA) is 81.9 Å². The monoisotopic (exact) mass is 340 g/mol. The van der Waals surface area contributed by atoms with E-state index in [1.54, 1.807) is 31.4 Å². The Hall–Kier alpha value is -2.86. The van der Waals surface area contributed by atoms with Crippen molar-refractivity contribution in [2.45, 2.75) is 18.5 Å². The highest BCUT2D eigenvalue weighted by Crippen LogP contribution is 2.23. The van der Waals surface area contributed by atoms with Gasteiger partial charge in [-0.1, -0.05) is 42.5 Å². The molecule has 1 aliphatic heterocycles. The second-order valence-corrected chi connectivity index (χ2v) is 5.88. The Balaban J connectivity index is 1.76. The molecule has 6 nitrogen and oxygen atoms in total. The third-order valence-corrected chi connectivity index (χ3v) is 4.25. The van der Waals surface area contributed by atoms with E-state index >= 15 is 0 Å². The summed E-state index contributed by atoms with van der Waals surface area (Å²) in [6, 6.07) is 15.3. The Morgan fingerprint density at radius 2 is 1.92 bits per heavy atom. The number of benzene rings is 2. The minimum atomic E-state index is -0.935. The Morgan fingerprint density at radius 1 is 1.24 bits per heavy atom. The van der Waals surface area contributed by atoms with Gasteiger partial charge in [-0.15, -0.1) is 0 Å². The van der Waals surface area contributed by atoms with Gasteiger partial charge in [-0.05, 0) is 29.7 Å². The van der Waals surface area contributed by atoms with E-state index in [1.165, 1.54) is 0 Å². The van der Waals surface area contributed by atoms with Crippen molar-refractivity contribution in [3.05, 3.63) is 65.7 Å². The molecule has 0 radical (unpaired) electrons. The maximum atomic E-state index is 12.8. The normalized spacial score (nSPS) is 17.9. The number of carbonyl (C=O) groups is 2. The van der Waals surface area contributed by atoms with Crippen molar-refractivity contribution in [3.8, 4) is 5.75 Å². The first kappa shape index (κ1) is 17.0. The van der Waals surface area contributed by atoms with Crippen LogP contribution in [0.25, 0.3) is 0 Å². The number of cyclic esters (lactones) is 1. The molecule has 1 fully saturated rings. The van der Waals surface area contributed by atoms with E-state index in [9.17, 15) is 9.59 Å². The molecule has 1 aliphatic rings. The number of nitrogens with zero attached hydrogens (tertiary/aromatic N) is 1. The summed E-state index contributed by atoms with van der Waals surface area (Å²) in [5.41, 5.74) is 7.73. The molecule has 0 unspecified atom stereocenters. The average Bonchev–Trinajstić information content (AvgIpc) is 3.01. The van der Waals surface area contributed by atoms with E-state index in [0.717, 1.165) is 10.5 Å². The summed E-state index contributed by atoms with van der Waals surface area (Å²) >= 11 is 0. The Morgan fingerprint density at radius 3 is 2.56 bits per heavy atom. The van der Waals surface area contributed by atoms with Gasteiger partial charge in [-0.3, -0.25) is 4.79 Å². The Labute approximate surface area is 146 Å². The molecule has 0 spiro atoms. The van der Waals surface area contributed by atoms with Gasteiger partial charge in [0.05, 0.1) is 13.2 Å². The molecule has 2 amide bonds. The van der Waals surface area contributed by atoms with Crippen molar-refractivity contribution >= 4 is 12.0 Å². The lowest BCUT2D eigenvalue weighted by Gasteiger charge is -2.23. The van der Waals surface area contributed by atoms with Crippen LogP contribution in [0.15, 0.2) is 54.6 Å². The maximum Gasteiger partial charge on any atom is 0.417 e. The average molecular weight is 340 g/mol. The molecule has 0 bridgehead atoms. The van der Waals surface area contributed by atoms with Crippen LogP contribution >= 0.6 is 0 Å². The van der Waals surface area contributed by atoms with Crippen LogP contribution in [0, 0.1) is 0 Å². The largest absolute Gasteiger partial charge is 0.497 e. The quantitative estimate of drug-likeness (QED) is 0.903. The van der Waals surface area contributed by atoms with Gasteiger partial charge in [0.2, 0.25) is 0 Å². The third kappa shape index (κ3) is 3.64. The second kappa shape index (κ2) is 7.36. The molecule has 130 valence electrons. The summed E-state index contributed by atoms with van der Waals surface area (Å²) < 4.78 is 10.2. The summed E-state index contributed by atoms with van der Waals surface area (Å²) in [4.78, 5) is 26.0. The van der Waals surface area contributed by atoms with Crippen LogP contribution in [0.2, 0.25) is 0 Å². The molecule has 25 heavy (non-hydrogen) atoms. The minimum absolute atomic E-state index is 0.175. The van der Waals surface area contributed by atoms with Crippen LogP contribution < -0.4 is 10.5 Å².